The summed E-state index contributed by atoms with van der Waals surface area (Å²) in [5.74, 6) is -0.415. The predicted octanol–water partition coefficient (Wildman–Crippen LogP) is 0.376. The van der Waals surface area contributed by atoms with Crippen LogP contribution in [0.3, 0.4) is 0 Å². The Morgan fingerprint density at radius 2 is 2.00 bits per heavy atom. The second-order valence-electron chi connectivity index (χ2n) is 3.66. The molecule has 0 aliphatic carbocycles. The normalized spacial score (nSPS) is 11.0. The van der Waals surface area contributed by atoms with Crippen molar-refractivity contribution >= 4 is 21.6 Å². The van der Waals surface area contributed by atoms with Gasteiger partial charge in [0.2, 0.25) is 10.0 Å². The predicted molar refractivity (Wildman–Crippen MR) is 67.8 cm³/mol. The average Bonchev–Trinajstić information content (AvgIpc) is 2.39. The first-order valence-corrected chi connectivity index (χ1v) is 6.72. The number of sulfonamides is 1. The molecule has 0 aliphatic heterocycles. The molecule has 0 spiro atoms. The average molecular weight is 278 g/mol. The monoisotopic (exact) mass is 278 g/mol. The molecule has 0 saturated heterocycles. The van der Waals surface area contributed by atoms with Crippen LogP contribution in [0.4, 0.5) is 5.69 Å². The van der Waals surface area contributed by atoms with Crippen molar-refractivity contribution in [2.24, 2.45) is 5.14 Å². The smallest absolute Gasteiger partial charge is 0.257 e. The highest BCUT2D eigenvalue weighted by Gasteiger charge is 2.10. The van der Waals surface area contributed by atoms with Crippen LogP contribution in [0.2, 0.25) is 0 Å². The molecule has 1 aromatic heterocycles. The lowest BCUT2D eigenvalue weighted by atomic mass is 10.2. The number of aromatic nitrogens is 2. The summed E-state index contributed by atoms with van der Waals surface area (Å²) in [6.45, 7) is 0. The van der Waals surface area contributed by atoms with E-state index in [0.717, 1.165) is 0 Å². The number of nitrogens with two attached hydrogens (primary N) is 1. The fraction of sp³-hybridized carbons (Fsp3) is 0. The van der Waals surface area contributed by atoms with E-state index >= 15 is 0 Å². The number of amides is 1. The molecule has 1 heterocycles. The Morgan fingerprint density at radius 1 is 1.21 bits per heavy atom. The molecule has 3 N–H and O–H groups in total. The van der Waals surface area contributed by atoms with Crippen LogP contribution in [0.15, 0.2) is 47.6 Å². The van der Waals surface area contributed by atoms with Crippen LogP contribution in [0.1, 0.15) is 10.4 Å². The number of benzene rings is 1. The minimum atomic E-state index is -3.80. The van der Waals surface area contributed by atoms with Crippen LogP contribution in [-0.4, -0.2) is 24.5 Å². The van der Waals surface area contributed by atoms with Crippen molar-refractivity contribution in [3.05, 3.63) is 48.3 Å². The molecule has 0 unspecified atom stereocenters. The number of primary sulfonamides is 1. The van der Waals surface area contributed by atoms with E-state index in [1.54, 1.807) is 6.07 Å². The highest BCUT2D eigenvalue weighted by Crippen LogP contribution is 2.14. The van der Waals surface area contributed by atoms with Crippen LogP contribution in [0.5, 0.6) is 0 Å². The highest BCUT2D eigenvalue weighted by atomic mass is 32.2. The van der Waals surface area contributed by atoms with Gasteiger partial charge in [-0.2, -0.15) is 10.2 Å². The lowest BCUT2D eigenvalue weighted by molar-refractivity contribution is 0.102. The molecule has 98 valence electrons. The van der Waals surface area contributed by atoms with E-state index in [1.165, 1.54) is 36.7 Å². The molecule has 0 atom stereocenters. The molecule has 19 heavy (non-hydrogen) atoms. The maximum atomic E-state index is 11.8. The van der Waals surface area contributed by atoms with Gasteiger partial charge in [0.05, 0.1) is 22.9 Å². The van der Waals surface area contributed by atoms with Gasteiger partial charge in [0.25, 0.3) is 5.91 Å². The lowest BCUT2D eigenvalue weighted by Crippen LogP contribution is -2.15. The van der Waals surface area contributed by atoms with Crippen molar-refractivity contribution in [3.63, 3.8) is 0 Å². The number of carbonyl (C=O) groups excluding carboxylic acids is 1. The van der Waals surface area contributed by atoms with Crippen molar-refractivity contribution in [2.75, 3.05) is 5.32 Å². The Morgan fingerprint density at radius 3 is 2.63 bits per heavy atom. The number of nitrogens with one attached hydrogen (secondary N) is 1. The van der Waals surface area contributed by atoms with Gasteiger partial charge in [-0.15, -0.1) is 0 Å². The maximum absolute atomic E-state index is 11.8. The van der Waals surface area contributed by atoms with Crippen LogP contribution < -0.4 is 10.5 Å². The van der Waals surface area contributed by atoms with Crippen LogP contribution >= 0.6 is 0 Å². The van der Waals surface area contributed by atoms with Gasteiger partial charge < -0.3 is 5.32 Å². The molecule has 8 heteroatoms. The van der Waals surface area contributed by atoms with E-state index < -0.39 is 15.9 Å². The van der Waals surface area contributed by atoms with Crippen molar-refractivity contribution in [3.8, 4) is 0 Å². The Kier molecular flexibility index (Phi) is 3.54. The summed E-state index contributed by atoms with van der Waals surface area (Å²) in [7, 11) is -3.80. The molecular weight excluding hydrogens is 268 g/mol. The first-order chi connectivity index (χ1) is 8.97. The molecule has 1 amide bonds. The zero-order chi connectivity index (χ0) is 13.9. The second kappa shape index (κ2) is 5.12. The fourth-order valence-corrected chi connectivity index (χ4v) is 1.94. The first kappa shape index (κ1) is 13.1. The van der Waals surface area contributed by atoms with Gasteiger partial charge in [-0.25, -0.2) is 13.6 Å². The summed E-state index contributed by atoms with van der Waals surface area (Å²) in [6.07, 6.45) is 2.69. The number of carbonyl (C=O) groups is 1. The van der Waals surface area contributed by atoms with E-state index in [9.17, 15) is 13.2 Å². The van der Waals surface area contributed by atoms with E-state index in [-0.39, 0.29) is 4.90 Å². The van der Waals surface area contributed by atoms with Gasteiger partial charge in [-0.05, 0) is 24.3 Å². The fourth-order valence-electron chi connectivity index (χ4n) is 1.38. The van der Waals surface area contributed by atoms with Crippen molar-refractivity contribution in [1.82, 2.24) is 10.2 Å². The third-order valence-corrected chi connectivity index (χ3v) is 3.18. The third-order valence-electron chi connectivity index (χ3n) is 2.27. The Bertz CT molecular complexity index is 701. The van der Waals surface area contributed by atoms with Gasteiger partial charge >= 0.3 is 0 Å². The molecule has 2 aromatic rings. The summed E-state index contributed by atoms with van der Waals surface area (Å²) in [4.78, 5) is 11.7. The minimum Gasteiger partial charge on any atom is -0.322 e. The molecule has 0 fully saturated rings. The van der Waals surface area contributed by atoms with Gasteiger partial charge in [-0.3, -0.25) is 4.79 Å². The molecule has 0 aliphatic rings. The minimum absolute atomic E-state index is 0.0712. The number of anilines is 1. The van der Waals surface area contributed by atoms with Gasteiger partial charge in [0.15, 0.2) is 0 Å². The van der Waals surface area contributed by atoms with E-state index in [1.807, 2.05) is 0 Å². The largest absolute Gasteiger partial charge is 0.322 e. The molecule has 0 saturated carbocycles. The molecule has 0 bridgehead atoms. The van der Waals surface area contributed by atoms with Gasteiger partial charge in [0, 0.05) is 5.69 Å². The number of rotatable bonds is 3. The van der Waals surface area contributed by atoms with Gasteiger partial charge in [-0.1, -0.05) is 6.07 Å². The van der Waals surface area contributed by atoms with Crippen molar-refractivity contribution in [1.29, 1.82) is 0 Å². The Labute approximate surface area is 109 Å². The lowest BCUT2D eigenvalue weighted by Gasteiger charge is -2.06. The summed E-state index contributed by atoms with van der Waals surface area (Å²) in [6, 6.07) is 7.16. The van der Waals surface area contributed by atoms with E-state index in [4.69, 9.17) is 5.14 Å². The number of nitrogens with zero attached hydrogens (tertiary/aromatic N) is 2. The topological polar surface area (TPSA) is 115 Å². The SMILES string of the molecule is NS(=O)(=O)c1cccc(NC(=O)c2ccnnc2)c1. The number of hydrogen-bond donors (Lipinski definition) is 2. The highest BCUT2D eigenvalue weighted by molar-refractivity contribution is 7.89. The zero-order valence-corrected chi connectivity index (χ0v) is 10.5. The van der Waals surface area contributed by atoms with Crippen molar-refractivity contribution < 1.29 is 13.2 Å². The number of hydrogen-bond acceptors (Lipinski definition) is 5. The summed E-state index contributed by atoms with van der Waals surface area (Å²) < 4.78 is 22.4. The molecule has 1 aromatic carbocycles. The quantitative estimate of drug-likeness (QED) is 0.842. The Balaban J connectivity index is 2.23. The van der Waals surface area contributed by atoms with Gasteiger partial charge in [0.1, 0.15) is 0 Å². The molecule has 0 radical (unpaired) electrons. The summed E-state index contributed by atoms with van der Waals surface area (Å²) >= 11 is 0. The van der Waals surface area contributed by atoms with E-state index in [0.29, 0.717) is 11.3 Å². The summed E-state index contributed by atoms with van der Waals surface area (Å²) in [5, 5.41) is 14.7. The molecule has 7 nitrogen and oxygen atoms in total. The van der Waals surface area contributed by atoms with E-state index in [2.05, 4.69) is 15.5 Å². The first-order valence-electron chi connectivity index (χ1n) is 5.18. The second-order valence-corrected chi connectivity index (χ2v) is 5.22. The molecular formula is C11H10N4O3S. The van der Waals surface area contributed by atoms with Crippen LogP contribution in [0, 0.1) is 0 Å². The van der Waals surface area contributed by atoms with Crippen LogP contribution in [-0.2, 0) is 10.0 Å². The van der Waals surface area contributed by atoms with Crippen molar-refractivity contribution in [2.45, 2.75) is 4.90 Å². The Hall–Kier alpha value is -2.32. The molecule has 2 rings (SSSR count). The standard InChI is InChI=1S/C11H10N4O3S/c12-19(17,18)10-3-1-2-9(6-10)15-11(16)8-4-5-13-14-7-8/h1-7H,(H,15,16)(H2,12,17,18). The van der Waals surface area contributed by atoms with Crippen LogP contribution in [0.25, 0.3) is 0 Å². The third kappa shape index (κ3) is 3.33. The maximum Gasteiger partial charge on any atom is 0.257 e. The summed E-state index contributed by atoms with van der Waals surface area (Å²) in [5.41, 5.74) is 0.643. The zero-order valence-electron chi connectivity index (χ0n) is 9.65.